The standard InChI is InChI=1S/C25H22ClN3O2S/c1-29(32(30,31)25-10-4-7-20-18-27-17-15-22(20)25)24-9-3-2-8-23(24)28-16-5-6-19-11-13-21(26)14-12-19/h2-15,17-18,28H,16H2,1H3/b6-5+. The number of benzene rings is 3. The van der Waals surface area contributed by atoms with Crippen molar-refractivity contribution in [2.75, 3.05) is 23.2 Å². The van der Waals surface area contributed by atoms with Crippen molar-refractivity contribution in [3.05, 3.63) is 102 Å². The molecule has 0 aliphatic rings. The van der Waals surface area contributed by atoms with Crippen LogP contribution in [0.4, 0.5) is 11.4 Å². The second-order valence-electron chi connectivity index (χ2n) is 7.18. The van der Waals surface area contributed by atoms with Crippen LogP contribution in [0, 0.1) is 0 Å². The molecule has 0 aliphatic carbocycles. The summed E-state index contributed by atoms with van der Waals surface area (Å²) in [6, 6.07) is 21.8. The average molecular weight is 464 g/mol. The van der Waals surface area contributed by atoms with Gasteiger partial charge in [-0.3, -0.25) is 9.29 Å². The zero-order valence-electron chi connectivity index (χ0n) is 17.4. The van der Waals surface area contributed by atoms with Crippen molar-refractivity contribution in [2.45, 2.75) is 4.90 Å². The van der Waals surface area contributed by atoms with Crippen molar-refractivity contribution in [2.24, 2.45) is 0 Å². The van der Waals surface area contributed by atoms with E-state index in [9.17, 15) is 8.42 Å². The number of halogens is 1. The molecule has 0 aliphatic heterocycles. The number of rotatable bonds is 7. The smallest absolute Gasteiger partial charge is 0.264 e. The number of hydrogen-bond donors (Lipinski definition) is 1. The Balaban J connectivity index is 1.58. The van der Waals surface area contributed by atoms with Gasteiger partial charge in [0, 0.05) is 41.8 Å². The van der Waals surface area contributed by atoms with Gasteiger partial charge >= 0.3 is 0 Å². The van der Waals surface area contributed by atoms with E-state index in [4.69, 9.17) is 11.6 Å². The van der Waals surface area contributed by atoms with Gasteiger partial charge in [-0.25, -0.2) is 8.42 Å². The van der Waals surface area contributed by atoms with Gasteiger partial charge < -0.3 is 5.32 Å². The zero-order chi connectivity index (χ0) is 22.6. The Bertz CT molecular complexity index is 1360. The fourth-order valence-corrected chi connectivity index (χ4v) is 4.98. The van der Waals surface area contributed by atoms with Crippen LogP contribution in [0.15, 0.2) is 96.2 Å². The van der Waals surface area contributed by atoms with Gasteiger partial charge in [-0.1, -0.05) is 60.2 Å². The summed E-state index contributed by atoms with van der Waals surface area (Å²) in [7, 11) is -2.21. The van der Waals surface area contributed by atoms with E-state index in [0.717, 1.165) is 16.6 Å². The maximum atomic E-state index is 13.5. The van der Waals surface area contributed by atoms with Crippen LogP contribution in [0.1, 0.15) is 5.56 Å². The number of aromatic nitrogens is 1. The lowest BCUT2D eigenvalue weighted by Crippen LogP contribution is -2.27. The highest BCUT2D eigenvalue weighted by molar-refractivity contribution is 7.93. The number of nitrogens with zero attached hydrogens (tertiary/aromatic N) is 2. The number of para-hydroxylation sites is 2. The minimum absolute atomic E-state index is 0.248. The van der Waals surface area contributed by atoms with Crippen LogP contribution < -0.4 is 9.62 Å². The Kier molecular flexibility index (Phi) is 6.44. The van der Waals surface area contributed by atoms with Gasteiger partial charge in [0.1, 0.15) is 0 Å². The highest BCUT2D eigenvalue weighted by Crippen LogP contribution is 2.32. The molecule has 0 fully saturated rings. The van der Waals surface area contributed by atoms with E-state index in [1.807, 2.05) is 60.7 Å². The number of sulfonamides is 1. The van der Waals surface area contributed by atoms with Crippen molar-refractivity contribution in [1.29, 1.82) is 0 Å². The number of nitrogens with one attached hydrogen (secondary N) is 1. The molecule has 1 N–H and O–H groups in total. The molecule has 4 rings (SSSR count). The molecule has 0 radical (unpaired) electrons. The third-order valence-electron chi connectivity index (χ3n) is 5.11. The lowest BCUT2D eigenvalue weighted by molar-refractivity contribution is 0.595. The monoisotopic (exact) mass is 463 g/mol. The molecule has 0 saturated heterocycles. The van der Waals surface area contributed by atoms with Crippen molar-refractivity contribution in [3.63, 3.8) is 0 Å². The van der Waals surface area contributed by atoms with Crippen molar-refractivity contribution in [1.82, 2.24) is 4.98 Å². The van der Waals surface area contributed by atoms with Crippen LogP contribution in [0.2, 0.25) is 5.02 Å². The van der Waals surface area contributed by atoms with Crippen LogP contribution >= 0.6 is 11.6 Å². The summed E-state index contributed by atoms with van der Waals surface area (Å²) in [4.78, 5) is 4.34. The van der Waals surface area contributed by atoms with Crippen molar-refractivity contribution < 1.29 is 8.42 Å². The van der Waals surface area contributed by atoms with Crippen LogP contribution in [-0.4, -0.2) is 27.0 Å². The van der Waals surface area contributed by atoms with Crippen LogP contribution in [0.3, 0.4) is 0 Å². The minimum Gasteiger partial charge on any atom is -0.380 e. The molecular formula is C25H22ClN3O2S. The van der Waals surface area contributed by atoms with Gasteiger partial charge in [0.25, 0.3) is 10.0 Å². The number of anilines is 2. The summed E-state index contributed by atoms with van der Waals surface area (Å²) in [6.45, 7) is 0.535. The normalized spacial score (nSPS) is 11.7. The van der Waals surface area contributed by atoms with Crippen LogP contribution in [-0.2, 0) is 10.0 Å². The lowest BCUT2D eigenvalue weighted by atomic mass is 10.2. The first-order valence-corrected chi connectivity index (χ1v) is 11.9. The Labute approximate surface area is 193 Å². The molecule has 5 nitrogen and oxygen atoms in total. The third-order valence-corrected chi connectivity index (χ3v) is 7.19. The van der Waals surface area contributed by atoms with Crippen LogP contribution in [0.5, 0.6) is 0 Å². The van der Waals surface area contributed by atoms with Gasteiger partial charge in [-0.2, -0.15) is 0 Å². The fraction of sp³-hybridized carbons (Fsp3) is 0.0800. The molecule has 0 saturated carbocycles. The SMILES string of the molecule is CN(c1ccccc1NC/C=C/c1ccc(Cl)cc1)S(=O)(=O)c1cccc2cnccc12. The quantitative estimate of drug-likeness (QED) is 0.374. The summed E-state index contributed by atoms with van der Waals surface area (Å²) in [5.41, 5.74) is 2.33. The van der Waals surface area contributed by atoms with Crippen LogP contribution in [0.25, 0.3) is 16.8 Å². The topological polar surface area (TPSA) is 62.3 Å². The zero-order valence-corrected chi connectivity index (χ0v) is 19.0. The highest BCUT2D eigenvalue weighted by atomic mass is 35.5. The highest BCUT2D eigenvalue weighted by Gasteiger charge is 2.25. The Hall–Kier alpha value is -3.35. The Morgan fingerprint density at radius 1 is 1.00 bits per heavy atom. The van der Waals surface area contributed by atoms with Gasteiger partial charge in [0.15, 0.2) is 0 Å². The van der Waals surface area contributed by atoms with Gasteiger partial charge in [0.2, 0.25) is 0 Å². The molecule has 32 heavy (non-hydrogen) atoms. The largest absolute Gasteiger partial charge is 0.380 e. The molecule has 7 heteroatoms. The van der Waals surface area contributed by atoms with Gasteiger partial charge in [0.05, 0.1) is 16.3 Å². The summed E-state index contributed by atoms with van der Waals surface area (Å²) in [5, 5.41) is 5.43. The minimum atomic E-state index is -3.78. The molecule has 0 unspecified atom stereocenters. The average Bonchev–Trinajstić information content (AvgIpc) is 2.82. The van der Waals surface area contributed by atoms with Crippen molar-refractivity contribution in [3.8, 4) is 0 Å². The number of pyridine rings is 1. The predicted molar refractivity (Wildman–Crippen MR) is 133 cm³/mol. The second kappa shape index (κ2) is 9.42. The summed E-state index contributed by atoms with van der Waals surface area (Å²) >= 11 is 5.92. The van der Waals surface area contributed by atoms with E-state index in [1.165, 1.54) is 4.31 Å². The molecule has 1 aromatic heterocycles. The molecule has 4 aromatic rings. The van der Waals surface area contributed by atoms with Gasteiger partial charge in [-0.05, 0) is 42.0 Å². The third kappa shape index (κ3) is 4.61. The Morgan fingerprint density at radius 3 is 2.59 bits per heavy atom. The molecule has 0 spiro atoms. The van der Waals surface area contributed by atoms with E-state index in [2.05, 4.69) is 10.3 Å². The first-order valence-electron chi connectivity index (χ1n) is 10.0. The number of fused-ring (bicyclic) bond motifs is 1. The molecule has 0 bridgehead atoms. The molecular weight excluding hydrogens is 442 g/mol. The fourth-order valence-electron chi connectivity index (χ4n) is 3.43. The number of hydrogen-bond acceptors (Lipinski definition) is 4. The molecule has 1 heterocycles. The predicted octanol–water partition coefficient (Wildman–Crippen LogP) is 5.84. The molecule has 0 atom stereocenters. The van der Waals surface area contributed by atoms with E-state index in [1.54, 1.807) is 43.7 Å². The van der Waals surface area contributed by atoms with Crippen molar-refractivity contribution >= 4 is 49.8 Å². The lowest BCUT2D eigenvalue weighted by Gasteiger charge is -2.23. The summed E-state index contributed by atoms with van der Waals surface area (Å²) in [5.74, 6) is 0. The van der Waals surface area contributed by atoms with E-state index >= 15 is 0 Å². The maximum Gasteiger partial charge on any atom is 0.264 e. The summed E-state index contributed by atoms with van der Waals surface area (Å²) in [6.07, 6.45) is 7.23. The maximum absolute atomic E-state index is 13.5. The van der Waals surface area contributed by atoms with E-state index in [0.29, 0.717) is 22.6 Å². The Morgan fingerprint density at radius 2 is 1.78 bits per heavy atom. The molecule has 0 amide bonds. The first-order chi connectivity index (χ1) is 15.5. The van der Waals surface area contributed by atoms with E-state index in [-0.39, 0.29) is 4.90 Å². The summed E-state index contributed by atoms with van der Waals surface area (Å²) < 4.78 is 28.3. The molecule has 3 aromatic carbocycles. The van der Waals surface area contributed by atoms with E-state index < -0.39 is 10.0 Å². The van der Waals surface area contributed by atoms with Gasteiger partial charge in [-0.15, -0.1) is 0 Å². The second-order valence-corrected chi connectivity index (χ2v) is 9.55. The first kappa shape index (κ1) is 21.9. The molecule has 162 valence electrons.